The number of aryl methyl sites for hydroxylation is 1. The number of benzene rings is 1. The second-order valence-electron chi connectivity index (χ2n) is 4.84. The predicted octanol–water partition coefficient (Wildman–Crippen LogP) is 2.67. The SMILES string of the molecule is C=CCCC(C)NCCNC(=O)c1ccc(C)cc1. The van der Waals surface area contributed by atoms with Crippen LogP contribution in [0.1, 0.15) is 35.7 Å². The van der Waals surface area contributed by atoms with Crippen molar-refractivity contribution in [3.05, 3.63) is 48.0 Å². The first-order chi connectivity index (χ1) is 9.13. The smallest absolute Gasteiger partial charge is 0.251 e. The Labute approximate surface area is 116 Å². The van der Waals surface area contributed by atoms with Gasteiger partial charge in [-0.15, -0.1) is 6.58 Å². The maximum absolute atomic E-state index is 11.8. The van der Waals surface area contributed by atoms with Crippen LogP contribution in [0.15, 0.2) is 36.9 Å². The van der Waals surface area contributed by atoms with Gasteiger partial charge in [0.25, 0.3) is 5.91 Å². The van der Waals surface area contributed by atoms with Gasteiger partial charge in [0.15, 0.2) is 0 Å². The van der Waals surface area contributed by atoms with Crippen molar-refractivity contribution in [2.45, 2.75) is 32.7 Å². The van der Waals surface area contributed by atoms with Gasteiger partial charge in [-0.2, -0.15) is 0 Å². The van der Waals surface area contributed by atoms with Gasteiger partial charge in [-0.3, -0.25) is 4.79 Å². The Balaban J connectivity index is 2.20. The minimum absolute atomic E-state index is 0.0134. The molecule has 0 fully saturated rings. The van der Waals surface area contributed by atoms with Gasteiger partial charge in [0.1, 0.15) is 0 Å². The molecule has 1 amide bonds. The lowest BCUT2D eigenvalue weighted by atomic mass is 10.1. The molecular weight excluding hydrogens is 236 g/mol. The molecule has 0 saturated heterocycles. The topological polar surface area (TPSA) is 41.1 Å². The monoisotopic (exact) mass is 260 g/mol. The highest BCUT2D eigenvalue weighted by Crippen LogP contribution is 2.02. The van der Waals surface area contributed by atoms with Crippen LogP contribution in [0.3, 0.4) is 0 Å². The molecule has 3 heteroatoms. The molecule has 0 radical (unpaired) electrons. The number of allylic oxidation sites excluding steroid dienone is 1. The molecular formula is C16H24N2O. The lowest BCUT2D eigenvalue weighted by Crippen LogP contribution is -2.35. The van der Waals surface area contributed by atoms with E-state index >= 15 is 0 Å². The Bertz CT molecular complexity index is 398. The number of hydrogen-bond acceptors (Lipinski definition) is 2. The van der Waals surface area contributed by atoms with Crippen molar-refractivity contribution in [2.75, 3.05) is 13.1 Å². The van der Waals surface area contributed by atoms with E-state index < -0.39 is 0 Å². The van der Waals surface area contributed by atoms with E-state index in [9.17, 15) is 4.79 Å². The zero-order valence-electron chi connectivity index (χ0n) is 11.9. The largest absolute Gasteiger partial charge is 0.351 e. The average molecular weight is 260 g/mol. The second kappa shape index (κ2) is 8.48. The zero-order valence-corrected chi connectivity index (χ0v) is 11.9. The molecule has 1 rings (SSSR count). The van der Waals surface area contributed by atoms with Gasteiger partial charge in [0, 0.05) is 24.7 Å². The standard InChI is InChI=1S/C16H24N2O/c1-4-5-6-14(3)17-11-12-18-16(19)15-9-7-13(2)8-10-15/h4,7-10,14,17H,1,5-6,11-12H2,2-3H3,(H,18,19). The molecule has 0 heterocycles. The molecule has 3 nitrogen and oxygen atoms in total. The van der Waals surface area contributed by atoms with Gasteiger partial charge in [-0.05, 0) is 38.8 Å². The van der Waals surface area contributed by atoms with Crippen LogP contribution in [0.5, 0.6) is 0 Å². The minimum atomic E-state index is -0.0134. The zero-order chi connectivity index (χ0) is 14.1. The first-order valence-electron chi connectivity index (χ1n) is 6.82. The highest BCUT2D eigenvalue weighted by molar-refractivity contribution is 5.94. The lowest BCUT2D eigenvalue weighted by molar-refractivity contribution is 0.0953. The van der Waals surface area contributed by atoms with Crippen LogP contribution in [0, 0.1) is 6.92 Å². The summed E-state index contributed by atoms with van der Waals surface area (Å²) in [5, 5.41) is 6.28. The summed E-state index contributed by atoms with van der Waals surface area (Å²) in [5.41, 5.74) is 1.87. The van der Waals surface area contributed by atoms with Crippen molar-refractivity contribution >= 4 is 5.91 Å². The van der Waals surface area contributed by atoms with Crippen LogP contribution in [-0.2, 0) is 0 Å². The Morgan fingerprint density at radius 1 is 1.32 bits per heavy atom. The Morgan fingerprint density at radius 2 is 2.00 bits per heavy atom. The van der Waals surface area contributed by atoms with Crippen LogP contribution in [-0.4, -0.2) is 25.0 Å². The fourth-order valence-electron chi connectivity index (χ4n) is 1.77. The van der Waals surface area contributed by atoms with Gasteiger partial charge in [-0.25, -0.2) is 0 Å². The summed E-state index contributed by atoms with van der Waals surface area (Å²) in [6, 6.07) is 8.05. The molecule has 19 heavy (non-hydrogen) atoms. The highest BCUT2D eigenvalue weighted by Gasteiger charge is 2.04. The van der Waals surface area contributed by atoms with Crippen LogP contribution >= 0.6 is 0 Å². The number of amides is 1. The first kappa shape index (κ1) is 15.4. The highest BCUT2D eigenvalue weighted by atomic mass is 16.1. The van der Waals surface area contributed by atoms with E-state index in [1.807, 2.05) is 37.3 Å². The molecule has 1 aromatic rings. The molecule has 2 N–H and O–H groups in total. The molecule has 1 unspecified atom stereocenters. The van der Waals surface area contributed by atoms with E-state index in [0.717, 1.165) is 24.9 Å². The summed E-state index contributed by atoms with van der Waals surface area (Å²) in [7, 11) is 0. The summed E-state index contributed by atoms with van der Waals surface area (Å²) >= 11 is 0. The van der Waals surface area contributed by atoms with Crippen LogP contribution in [0.25, 0.3) is 0 Å². The van der Waals surface area contributed by atoms with Crippen molar-refractivity contribution in [3.8, 4) is 0 Å². The average Bonchev–Trinajstić information content (AvgIpc) is 2.41. The molecule has 0 spiro atoms. The van der Waals surface area contributed by atoms with E-state index in [0.29, 0.717) is 18.2 Å². The number of rotatable bonds is 8. The third-order valence-corrected chi connectivity index (χ3v) is 3.02. The predicted molar refractivity (Wildman–Crippen MR) is 80.4 cm³/mol. The maximum Gasteiger partial charge on any atom is 0.251 e. The minimum Gasteiger partial charge on any atom is -0.351 e. The number of carbonyl (C=O) groups is 1. The van der Waals surface area contributed by atoms with E-state index in [-0.39, 0.29) is 5.91 Å². The fraction of sp³-hybridized carbons (Fsp3) is 0.438. The van der Waals surface area contributed by atoms with Gasteiger partial charge >= 0.3 is 0 Å². The van der Waals surface area contributed by atoms with Crippen molar-refractivity contribution in [1.82, 2.24) is 10.6 Å². The van der Waals surface area contributed by atoms with Gasteiger partial charge in [0.05, 0.1) is 0 Å². The molecule has 0 aliphatic heterocycles. The van der Waals surface area contributed by atoms with Crippen LogP contribution < -0.4 is 10.6 Å². The molecule has 0 aromatic heterocycles. The molecule has 1 atom stereocenters. The van der Waals surface area contributed by atoms with Crippen molar-refractivity contribution < 1.29 is 4.79 Å². The summed E-state index contributed by atoms with van der Waals surface area (Å²) in [4.78, 5) is 11.8. The number of hydrogen-bond donors (Lipinski definition) is 2. The van der Waals surface area contributed by atoms with E-state index in [1.54, 1.807) is 0 Å². The van der Waals surface area contributed by atoms with E-state index in [4.69, 9.17) is 0 Å². The number of nitrogens with one attached hydrogen (secondary N) is 2. The molecule has 0 saturated carbocycles. The Hall–Kier alpha value is -1.61. The summed E-state index contributed by atoms with van der Waals surface area (Å²) in [6.45, 7) is 9.29. The third-order valence-electron chi connectivity index (χ3n) is 3.02. The van der Waals surface area contributed by atoms with Crippen molar-refractivity contribution in [2.24, 2.45) is 0 Å². The quantitative estimate of drug-likeness (QED) is 0.557. The first-order valence-corrected chi connectivity index (χ1v) is 6.82. The summed E-state index contributed by atoms with van der Waals surface area (Å²) < 4.78 is 0. The summed E-state index contributed by atoms with van der Waals surface area (Å²) in [5.74, 6) is -0.0134. The second-order valence-corrected chi connectivity index (χ2v) is 4.84. The molecule has 0 bridgehead atoms. The molecule has 1 aromatic carbocycles. The van der Waals surface area contributed by atoms with Gasteiger partial charge in [0.2, 0.25) is 0 Å². The van der Waals surface area contributed by atoms with Gasteiger partial charge < -0.3 is 10.6 Å². The van der Waals surface area contributed by atoms with Crippen LogP contribution in [0.4, 0.5) is 0 Å². The molecule has 104 valence electrons. The third kappa shape index (κ3) is 6.20. The molecule has 0 aliphatic rings. The van der Waals surface area contributed by atoms with E-state index in [2.05, 4.69) is 24.1 Å². The Kier molecular flexibility index (Phi) is 6.90. The van der Waals surface area contributed by atoms with Crippen molar-refractivity contribution in [3.63, 3.8) is 0 Å². The van der Waals surface area contributed by atoms with Crippen molar-refractivity contribution in [1.29, 1.82) is 0 Å². The van der Waals surface area contributed by atoms with Gasteiger partial charge in [-0.1, -0.05) is 23.8 Å². The molecule has 0 aliphatic carbocycles. The summed E-state index contributed by atoms with van der Waals surface area (Å²) in [6.07, 6.45) is 4.02. The maximum atomic E-state index is 11.8. The van der Waals surface area contributed by atoms with E-state index in [1.165, 1.54) is 0 Å². The van der Waals surface area contributed by atoms with Crippen LogP contribution in [0.2, 0.25) is 0 Å². The fourth-order valence-corrected chi connectivity index (χ4v) is 1.77. The Morgan fingerprint density at radius 3 is 2.63 bits per heavy atom. The lowest BCUT2D eigenvalue weighted by Gasteiger charge is -2.13. The number of carbonyl (C=O) groups excluding carboxylic acids is 1. The normalized spacial score (nSPS) is 11.9.